The van der Waals surface area contributed by atoms with Gasteiger partial charge in [0.1, 0.15) is 18.6 Å². The third-order valence-corrected chi connectivity index (χ3v) is 2.27. The van der Waals surface area contributed by atoms with Crippen LogP contribution in [0.1, 0.15) is 24.1 Å². The van der Waals surface area contributed by atoms with Gasteiger partial charge in [-0.25, -0.2) is 0 Å². The van der Waals surface area contributed by atoms with Crippen LogP contribution < -0.4 is 10.5 Å². The smallest absolute Gasteiger partial charge is 0.130 e. The molecular weight excluding hydrogens is 204 g/mol. The van der Waals surface area contributed by atoms with Crippen LogP contribution in [0.15, 0.2) is 41.2 Å². The zero-order valence-corrected chi connectivity index (χ0v) is 9.09. The Morgan fingerprint density at radius 1 is 1.50 bits per heavy atom. The van der Waals surface area contributed by atoms with E-state index >= 15 is 0 Å². The van der Waals surface area contributed by atoms with Gasteiger partial charge in [0, 0.05) is 11.6 Å². The summed E-state index contributed by atoms with van der Waals surface area (Å²) in [5.41, 5.74) is 7.76. The zero-order valence-electron chi connectivity index (χ0n) is 9.09. The SMILES string of the molecule is CC(N)c1cccc(OCc2cnoc2)c1. The number of hydrogen-bond acceptors (Lipinski definition) is 4. The molecule has 0 saturated heterocycles. The van der Waals surface area contributed by atoms with Crippen molar-refractivity contribution in [1.82, 2.24) is 5.16 Å². The van der Waals surface area contributed by atoms with E-state index in [-0.39, 0.29) is 6.04 Å². The minimum Gasteiger partial charge on any atom is -0.489 e. The molecule has 4 nitrogen and oxygen atoms in total. The van der Waals surface area contributed by atoms with Gasteiger partial charge in [-0.3, -0.25) is 0 Å². The molecule has 2 aromatic rings. The summed E-state index contributed by atoms with van der Waals surface area (Å²) in [7, 11) is 0. The standard InChI is InChI=1S/C12H14N2O2/c1-9(13)11-3-2-4-12(5-11)15-7-10-6-14-16-8-10/h2-6,8-9H,7,13H2,1H3. The molecule has 1 unspecified atom stereocenters. The van der Waals surface area contributed by atoms with Crippen molar-refractivity contribution in [3.05, 3.63) is 47.9 Å². The molecule has 0 aliphatic heterocycles. The van der Waals surface area contributed by atoms with E-state index in [1.807, 2.05) is 31.2 Å². The van der Waals surface area contributed by atoms with Crippen LogP contribution in [-0.2, 0) is 6.61 Å². The number of benzene rings is 1. The Morgan fingerprint density at radius 2 is 2.38 bits per heavy atom. The Kier molecular flexibility index (Phi) is 3.22. The van der Waals surface area contributed by atoms with E-state index in [0.29, 0.717) is 6.61 Å². The molecule has 16 heavy (non-hydrogen) atoms. The highest BCUT2D eigenvalue weighted by atomic mass is 16.5. The fourth-order valence-corrected chi connectivity index (χ4v) is 1.35. The number of aromatic nitrogens is 1. The summed E-state index contributed by atoms with van der Waals surface area (Å²) in [6.07, 6.45) is 3.20. The summed E-state index contributed by atoms with van der Waals surface area (Å²) in [5, 5.41) is 3.61. The first-order valence-corrected chi connectivity index (χ1v) is 5.12. The van der Waals surface area contributed by atoms with Gasteiger partial charge in [-0.05, 0) is 24.6 Å². The minimum absolute atomic E-state index is 0.0131. The van der Waals surface area contributed by atoms with Crippen molar-refractivity contribution in [3.63, 3.8) is 0 Å². The maximum absolute atomic E-state index is 5.79. The lowest BCUT2D eigenvalue weighted by Gasteiger charge is -2.08. The Balaban J connectivity index is 2.01. The van der Waals surface area contributed by atoms with Crippen molar-refractivity contribution in [2.24, 2.45) is 5.73 Å². The molecule has 0 saturated carbocycles. The first kappa shape index (κ1) is 10.7. The summed E-state index contributed by atoms with van der Waals surface area (Å²) in [6.45, 7) is 2.39. The van der Waals surface area contributed by atoms with Crippen LogP contribution in [-0.4, -0.2) is 5.16 Å². The van der Waals surface area contributed by atoms with Crippen molar-refractivity contribution in [3.8, 4) is 5.75 Å². The molecule has 2 N–H and O–H groups in total. The van der Waals surface area contributed by atoms with Crippen LogP contribution in [0.2, 0.25) is 0 Å². The lowest BCUT2D eigenvalue weighted by molar-refractivity contribution is 0.304. The van der Waals surface area contributed by atoms with Crippen LogP contribution in [0.25, 0.3) is 0 Å². The largest absolute Gasteiger partial charge is 0.489 e. The Morgan fingerprint density at radius 3 is 3.06 bits per heavy atom. The van der Waals surface area contributed by atoms with Gasteiger partial charge in [0.2, 0.25) is 0 Å². The third-order valence-electron chi connectivity index (χ3n) is 2.27. The van der Waals surface area contributed by atoms with Crippen LogP contribution in [0.5, 0.6) is 5.75 Å². The fraction of sp³-hybridized carbons (Fsp3) is 0.250. The van der Waals surface area contributed by atoms with Crippen LogP contribution in [0.4, 0.5) is 0 Å². The number of rotatable bonds is 4. The van der Waals surface area contributed by atoms with Gasteiger partial charge in [-0.1, -0.05) is 17.3 Å². The number of nitrogens with two attached hydrogens (primary N) is 1. The summed E-state index contributed by atoms with van der Waals surface area (Å²) >= 11 is 0. The highest BCUT2D eigenvalue weighted by molar-refractivity contribution is 5.30. The van der Waals surface area contributed by atoms with E-state index in [2.05, 4.69) is 5.16 Å². The van der Waals surface area contributed by atoms with Gasteiger partial charge in [0.05, 0.1) is 6.20 Å². The molecule has 1 atom stereocenters. The molecule has 1 aromatic carbocycles. The fourth-order valence-electron chi connectivity index (χ4n) is 1.35. The van der Waals surface area contributed by atoms with Crippen molar-refractivity contribution < 1.29 is 9.26 Å². The average Bonchev–Trinajstić information content (AvgIpc) is 2.79. The van der Waals surface area contributed by atoms with E-state index < -0.39 is 0 Å². The summed E-state index contributed by atoms with van der Waals surface area (Å²) < 4.78 is 10.3. The van der Waals surface area contributed by atoms with Crippen molar-refractivity contribution in [2.45, 2.75) is 19.6 Å². The van der Waals surface area contributed by atoms with Crippen molar-refractivity contribution >= 4 is 0 Å². The Bertz CT molecular complexity index is 438. The second kappa shape index (κ2) is 4.81. The first-order valence-electron chi connectivity index (χ1n) is 5.12. The number of nitrogens with zero attached hydrogens (tertiary/aromatic N) is 1. The lowest BCUT2D eigenvalue weighted by atomic mass is 10.1. The zero-order chi connectivity index (χ0) is 11.4. The molecule has 1 aromatic heterocycles. The number of hydrogen-bond donors (Lipinski definition) is 1. The number of ether oxygens (including phenoxy) is 1. The topological polar surface area (TPSA) is 61.3 Å². The second-order valence-electron chi connectivity index (χ2n) is 3.68. The summed E-state index contributed by atoms with van der Waals surface area (Å²) in [5.74, 6) is 0.802. The molecule has 0 aliphatic carbocycles. The van der Waals surface area contributed by atoms with E-state index in [1.165, 1.54) is 0 Å². The van der Waals surface area contributed by atoms with Gasteiger partial charge < -0.3 is 15.0 Å². The van der Waals surface area contributed by atoms with E-state index in [0.717, 1.165) is 16.9 Å². The predicted molar refractivity (Wildman–Crippen MR) is 59.9 cm³/mol. The maximum atomic E-state index is 5.79. The first-order chi connectivity index (χ1) is 7.75. The molecule has 0 bridgehead atoms. The third kappa shape index (κ3) is 2.61. The minimum atomic E-state index is 0.0131. The van der Waals surface area contributed by atoms with E-state index in [4.69, 9.17) is 15.0 Å². The van der Waals surface area contributed by atoms with Crippen molar-refractivity contribution in [2.75, 3.05) is 0 Å². The van der Waals surface area contributed by atoms with Gasteiger partial charge in [0.25, 0.3) is 0 Å². The molecule has 0 amide bonds. The quantitative estimate of drug-likeness (QED) is 0.855. The van der Waals surface area contributed by atoms with Crippen LogP contribution >= 0.6 is 0 Å². The molecule has 0 radical (unpaired) electrons. The summed E-state index contributed by atoms with van der Waals surface area (Å²) in [4.78, 5) is 0. The molecular formula is C12H14N2O2. The Hall–Kier alpha value is -1.81. The Labute approximate surface area is 94.0 Å². The molecule has 2 rings (SSSR count). The van der Waals surface area contributed by atoms with Crippen LogP contribution in [0, 0.1) is 0 Å². The lowest BCUT2D eigenvalue weighted by Crippen LogP contribution is -2.05. The van der Waals surface area contributed by atoms with Crippen LogP contribution in [0.3, 0.4) is 0 Å². The van der Waals surface area contributed by atoms with Gasteiger partial charge in [0.15, 0.2) is 0 Å². The normalized spacial score (nSPS) is 12.4. The van der Waals surface area contributed by atoms with E-state index in [1.54, 1.807) is 12.5 Å². The van der Waals surface area contributed by atoms with E-state index in [9.17, 15) is 0 Å². The van der Waals surface area contributed by atoms with Gasteiger partial charge >= 0.3 is 0 Å². The van der Waals surface area contributed by atoms with Gasteiger partial charge in [-0.2, -0.15) is 0 Å². The molecule has 4 heteroatoms. The predicted octanol–water partition coefficient (Wildman–Crippen LogP) is 2.27. The van der Waals surface area contributed by atoms with Crippen molar-refractivity contribution in [1.29, 1.82) is 0 Å². The summed E-state index contributed by atoms with van der Waals surface area (Å²) in [6, 6.07) is 7.77. The highest BCUT2D eigenvalue weighted by Gasteiger charge is 2.02. The average molecular weight is 218 g/mol. The molecule has 0 spiro atoms. The van der Waals surface area contributed by atoms with Gasteiger partial charge in [-0.15, -0.1) is 0 Å². The molecule has 84 valence electrons. The second-order valence-corrected chi connectivity index (χ2v) is 3.68. The molecule has 0 aliphatic rings. The highest BCUT2D eigenvalue weighted by Crippen LogP contribution is 2.18. The molecule has 0 fully saturated rings. The maximum Gasteiger partial charge on any atom is 0.130 e. The molecule has 1 heterocycles. The monoisotopic (exact) mass is 218 g/mol.